The minimum atomic E-state index is -3.93. The minimum Gasteiger partial charge on any atom is -0.369 e. The fourth-order valence-corrected chi connectivity index (χ4v) is 9.25. The van der Waals surface area contributed by atoms with Gasteiger partial charge in [-0.25, -0.2) is 8.42 Å². The summed E-state index contributed by atoms with van der Waals surface area (Å²) in [6.45, 7) is 0. The summed E-state index contributed by atoms with van der Waals surface area (Å²) in [6, 6.07) is 8.64. The molecule has 0 saturated heterocycles. The SMILES string of the molecule is NC(=O)C12CC3CC(CC(CC(=O)C4(NS(=O)(=O)c5cccc6cccnc56)CC4)(C3)C1)C2. The molecule has 1 aromatic heterocycles. The Balaban J connectivity index is 1.26. The summed E-state index contributed by atoms with van der Waals surface area (Å²) in [6.07, 6.45) is 8.29. The molecule has 3 N–H and O–H groups in total. The first-order chi connectivity index (χ1) is 15.6. The number of benzene rings is 1. The summed E-state index contributed by atoms with van der Waals surface area (Å²) in [5.74, 6) is 0.625. The summed E-state index contributed by atoms with van der Waals surface area (Å²) in [4.78, 5) is 30.3. The molecule has 174 valence electrons. The highest BCUT2D eigenvalue weighted by Gasteiger charge is 2.62. The van der Waals surface area contributed by atoms with Crippen LogP contribution in [0, 0.1) is 22.7 Å². The topological polar surface area (TPSA) is 119 Å². The van der Waals surface area contributed by atoms with Crippen molar-refractivity contribution in [1.29, 1.82) is 0 Å². The van der Waals surface area contributed by atoms with Crippen LogP contribution in [-0.4, -0.2) is 30.6 Å². The van der Waals surface area contributed by atoms with Crippen molar-refractivity contribution < 1.29 is 18.0 Å². The van der Waals surface area contributed by atoms with Gasteiger partial charge in [0.15, 0.2) is 5.78 Å². The molecule has 5 saturated carbocycles. The Hall–Kier alpha value is -2.32. The zero-order valence-corrected chi connectivity index (χ0v) is 19.4. The zero-order valence-electron chi connectivity index (χ0n) is 18.5. The molecule has 2 atom stereocenters. The van der Waals surface area contributed by atoms with E-state index in [4.69, 9.17) is 5.73 Å². The minimum absolute atomic E-state index is 0.0409. The Morgan fingerprint density at radius 2 is 1.76 bits per heavy atom. The summed E-state index contributed by atoms with van der Waals surface area (Å²) in [7, 11) is -3.93. The quantitative estimate of drug-likeness (QED) is 0.649. The first-order valence-electron chi connectivity index (χ1n) is 11.9. The van der Waals surface area contributed by atoms with Gasteiger partial charge in [-0.15, -0.1) is 0 Å². The number of primary amides is 1. The van der Waals surface area contributed by atoms with Crippen molar-refractivity contribution in [3.63, 3.8) is 0 Å². The van der Waals surface area contributed by atoms with E-state index >= 15 is 0 Å². The first kappa shape index (κ1) is 21.2. The molecule has 0 radical (unpaired) electrons. The van der Waals surface area contributed by atoms with Crippen LogP contribution in [0.1, 0.15) is 57.8 Å². The highest BCUT2D eigenvalue weighted by atomic mass is 32.2. The van der Waals surface area contributed by atoms with Crippen molar-refractivity contribution in [2.45, 2.75) is 68.2 Å². The van der Waals surface area contributed by atoms with Crippen molar-refractivity contribution >= 4 is 32.6 Å². The number of carbonyl (C=O) groups excluding carboxylic acids is 2. The van der Waals surface area contributed by atoms with Gasteiger partial charge in [-0.05, 0) is 80.8 Å². The molecule has 5 aliphatic rings. The number of sulfonamides is 1. The molecule has 0 spiro atoms. The van der Waals surface area contributed by atoms with Crippen molar-refractivity contribution in [3.8, 4) is 0 Å². The third-order valence-corrected chi connectivity index (χ3v) is 10.3. The summed E-state index contributed by atoms with van der Waals surface area (Å²) < 4.78 is 29.4. The fourth-order valence-electron chi connectivity index (χ4n) is 7.63. The van der Waals surface area contributed by atoms with Gasteiger partial charge in [0.2, 0.25) is 15.9 Å². The maximum atomic E-state index is 13.6. The van der Waals surface area contributed by atoms with Gasteiger partial charge in [0, 0.05) is 18.0 Å². The molecule has 1 amide bonds. The van der Waals surface area contributed by atoms with Crippen molar-refractivity contribution in [1.82, 2.24) is 9.71 Å². The van der Waals surface area contributed by atoms with Gasteiger partial charge in [-0.3, -0.25) is 14.6 Å². The number of hydrogen-bond donors (Lipinski definition) is 2. The van der Waals surface area contributed by atoms with E-state index in [9.17, 15) is 18.0 Å². The highest BCUT2D eigenvalue weighted by Crippen LogP contribution is 2.66. The second-order valence-corrected chi connectivity index (χ2v) is 12.9. The Kier molecular flexibility index (Phi) is 4.41. The molecule has 2 aromatic rings. The van der Waals surface area contributed by atoms with Gasteiger partial charge in [0.1, 0.15) is 4.90 Å². The predicted molar refractivity (Wildman–Crippen MR) is 122 cm³/mol. The molecular weight excluding hydrogens is 438 g/mol. The lowest BCUT2D eigenvalue weighted by atomic mass is 9.43. The fraction of sp³-hybridized carbons (Fsp3) is 0.560. The van der Waals surface area contributed by atoms with Crippen LogP contribution < -0.4 is 10.5 Å². The first-order valence-corrected chi connectivity index (χ1v) is 13.3. The third-order valence-electron chi connectivity index (χ3n) is 8.74. The molecule has 8 heteroatoms. The van der Waals surface area contributed by atoms with E-state index in [1.54, 1.807) is 18.3 Å². The van der Waals surface area contributed by atoms with Crippen LogP contribution in [0.4, 0.5) is 0 Å². The standard InChI is InChI=1S/C25H29N3O4S/c26-22(30)24-12-16-9-17(13-24)11-23(10-16,15-24)14-20(29)25(6-7-25)28-33(31,32)19-5-1-3-18-4-2-8-27-21(18)19/h1-5,8,16-17,28H,6-7,9-15H2,(H2,26,30). The second-order valence-electron chi connectivity index (χ2n) is 11.2. The molecule has 5 fully saturated rings. The molecule has 5 aliphatic carbocycles. The van der Waals surface area contributed by atoms with Gasteiger partial charge in [0.25, 0.3) is 0 Å². The maximum Gasteiger partial charge on any atom is 0.243 e. The highest BCUT2D eigenvalue weighted by molar-refractivity contribution is 7.89. The molecule has 2 unspecified atom stereocenters. The lowest BCUT2D eigenvalue weighted by Crippen LogP contribution is -2.58. The number of pyridine rings is 1. The van der Waals surface area contributed by atoms with Crippen LogP contribution in [-0.2, 0) is 19.6 Å². The number of nitrogens with zero attached hydrogens (tertiary/aromatic N) is 1. The van der Waals surface area contributed by atoms with Gasteiger partial charge < -0.3 is 5.73 Å². The van der Waals surface area contributed by atoms with Crippen LogP contribution in [0.5, 0.6) is 0 Å². The number of carbonyl (C=O) groups is 2. The maximum absolute atomic E-state index is 13.6. The number of amides is 1. The molecule has 1 heterocycles. The van der Waals surface area contributed by atoms with Gasteiger partial charge in [-0.1, -0.05) is 18.2 Å². The van der Waals surface area contributed by atoms with Gasteiger partial charge in [0.05, 0.1) is 16.5 Å². The van der Waals surface area contributed by atoms with Crippen LogP contribution in [0.2, 0.25) is 0 Å². The third kappa shape index (κ3) is 3.33. The van der Waals surface area contributed by atoms with Crippen molar-refractivity contribution in [2.24, 2.45) is 28.4 Å². The van der Waals surface area contributed by atoms with Crippen molar-refractivity contribution in [2.75, 3.05) is 0 Å². The molecule has 1 aromatic carbocycles. The molecule has 0 aliphatic heterocycles. The zero-order chi connectivity index (χ0) is 23.1. The van der Waals surface area contributed by atoms with E-state index in [0.29, 0.717) is 43.0 Å². The Labute approximate surface area is 193 Å². The number of aromatic nitrogens is 1. The van der Waals surface area contributed by atoms with E-state index in [1.807, 2.05) is 12.1 Å². The summed E-state index contributed by atoms with van der Waals surface area (Å²) in [5, 5.41) is 0.738. The molecular formula is C25H29N3O4S. The number of ketones is 1. The lowest BCUT2D eigenvalue weighted by molar-refractivity contribution is -0.158. The van der Waals surface area contributed by atoms with Crippen LogP contribution in [0.15, 0.2) is 41.4 Å². The Bertz CT molecular complexity index is 1260. The molecule has 4 bridgehead atoms. The number of Topliss-reactive ketones (excluding diaryl/α,β-unsaturated/α-hetero) is 1. The van der Waals surface area contributed by atoms with E-state index in [2.05, 4.69) is 9.71 Å². The number of nitrogens with one attached hydrogen (secondary N) is 1. The van der Waals surface area contributed by atoms with Crippen LogP contribution in [0.3, 0.4) is 0 Å². The second kappa shape index (κ2) is 6.85. The van der Waals surface area contributed by atoms with E-state index in [0.717, 1.165) is 37.5 Å². The normalized spacial score (nSPS) is 33.8. The smallest absolute Gasteiger partial charge is 0.243 e. The Morgan fingerprint density at radius 1 is 1.06 bits per heavy atom. The number of rotatable bonds is 7. The van der Waals surface area contributed by atoms with Crippen LogP contribution in [0.25, 0.3) is 10.9 Å². The van der Waals surface area contributed by atoms with E-state index in [-0.39, 0.29) is 22.0 Å². The molecule has 7 nitrogen and oxygen atoms in total. The average molecular weight is 468 g/mol. The Morgan fingerprint density at radius 3 is 2.42 bits per heavy atom. The largest absolute Gasteiger partial charge is 0.369 e. The number of para-hydroxylation sites is 1. The average Bonchev–Trinajstić information content (AvgIpc) is 3.52. The van der Waals surface area contributed by atoms with Crippen LogP contribution >= 0.6 is 0 Å². The number of fused-ring (bicyclic) bond motifs is 1. The van der Waals surface area contributed by atoms with E-state index < -0.39 is 21.0 Å². The van der Waals surface area contributed by atoms with Gasteiger partial charge in [-0.2, -0.15) is 4.72 Å². The van der Waals surface area contributed by atoms with Crippen molar-refractivity contribution in [3.05, 3.63) is 36.5 Å². The summed E-state index contributed by atoms with van der Waals surface area (Å²) in [5.41, 5.74) is 4.51. The molecule has 7 rings (SSSR count). The number of hydrogen-bond acceptors (Lipinski definition) is 5. The predicted octanol–water partition coefficient (Wildman–Crippen LogP) is 3.08. The molecule has 33 heavy (non-hydrogen) atoms. The lowest BCUT2D eigenvalue weighted by Gasteiger charge is -2.61. The monoisotopic (exact) mass is 467 g/mol. The van der Waals surface area contributed by atoms with E-state index in [1.165, 1.54) is 6.07 Å². The van der Waals surface area contributed by atoms with Gasteiger partial charge >= 0.3 is 0 Å². The summed E-state index contributed by atoms with van der Waals surface area (Å²) >= 11 is 0. The number of nitrogens with two attached hydrogens (primary N) is 1.